The number of nitrogens with zero attached hydrogens (tertiary/aromatic N) is 1. The lowest BCUT2D eigenvalue weighted by atomic mass is 10.0. The molecule has 0 radical (unpaired) electrons. The van der Waals surface area contributed by atoms with Crippen molar-refractivity contribution >= 4 is 40.8 Å². The molecule has 0 saturated heterocycles. The van der Waals surface area contributed by atoms with Crippen LogP contribution in [0.25, 0.3) is 0 Å². The van der Waals surface area contributed by atoms with Crippen LogP contribution in [-0.4, -0.2) is 35.2 Å². The van der Waals surface area contributed by atoms with E-state index in [1.54, 1.807) is 0 Å². The zero-order valence-corrected chi connectivity index (χ0v) is 28.5. The molecule has 1 aliphatic carbocycles. The van der Waals surface area contributed by atoms with Gasteiger partial charge in [-0.2, -0.15) is 8.78 Å². The Morgan fingerprint density at radius 3 is 1.87 bits per heavy atom. The summed E-state index contributed by atoms with van der Waals surface area (Å²) < 4.78 is 35.1. The average molecular weight is 688 g/mol. The maximum atomic E-state index is 12.6. The van der Waals surface area contributed by atoms with Crippen molar-refractivity contribution in [3.63, 3.8) is 0 Å². The van der Waals surface area contributed by atoms with E-state index in [9.17, 15) is 18.4 Å². The number of rotatable bonds is 23. The minimum atomic E-state index is -2.99. The van der Waals surface area contributed by atoms with Gasteiger partial charge in [-0.05, 0) is 43.4 Å². The van der Waals surface area contributed by atoms with Crippen molar-refractivity contribution in [1.82, 2.24) is 4.98 Å². The molecule has 0 aliphatic heterocycles. The van der Waals surface area contributed by atoms with Crippen molar-refractivity contribution in [2.24, 2.45) is 5.92 Å². The highest BCUT2D eigenvalue weighted by molar-refractivity contribution is 6.39. The Hall–Kier alpha value is -2.65. The van der Waals surface area contributed by atoms with Crippen molar-refractivity contribution in [2.75, 3.05) is 11.9 Å². The van der Waals surface area contributed by atoms with E-state index in [1.165, 1.54) is 114 Å². The Labute approximate surface area is 282 Å². The van der Waals surface area contributed by atoms with Crippen LogP contribution in [0.4, 0.5) is 14.5 Å². The fourth-order valence-electron chi connectivity index (χ4n) is 4.81. The second-order valence-corrected chi connectivity index (χ2v) is 12.6. The number of carboxylic acid groups (broad SMARTS) is 1. The zero-order chi connectivity index (χ0) is 33.6. The molecule has 258 valence electrons. The van der Waals surface area contributed by atoms with E-state index in [1.807, 2.05) is 0 Å². The quantitative estimate of drug-likeness (QED) is 0.113. The molecule has 1 aromatic carbocycles. The molecule has 1 aromatic heterocycles. The van der Waals surface area contributed by atoms with Crippen LogP contribution >= 0.6 is 23.2 Å². The number of carbonyl (C=O) groups excluding carboxylic acids is 1. The molecule has 2 N–H and O–H groups in total. The fraction of sp³-hybridized carbons (Fsp3) is 0.629. The van der Waals surface area contributed by atoms with Gasteiger partial charge in [-0.3, -0.25) is 14.6 Å². The third kappa shape index (κ3) is 17.9. The highest BCUT2D eigenvalue weighted by Crippen LogP contribution is 2.35. The molecule has 3 rings (SSSR count). The lowest BCUT2D eigenvalue weighted by Crippen LogP contribution is -2.14. The number of aromatic nitrogens is 1. The summed E-state index contributed by atoms with van der Waals surface area (Å²) in [6, 6.07) is 3.96. The van der Waals surface area contributed by atoms with Gasteiger partial charge in [0.1, 0.15) is 0 Å². The largest absolute Gasteiger partial charge is 0.489 e. The number of nitrogens with one attached hydrogen (secondary N) is 1. The van der Waals surface area contributed by atoms with Gasteiger partial charge in [0, 0.05) is 24.4 Å². The summed E-state index contributed by atoms with van der Waals surface area (Å²) in [4.78, 5) is 26.6. The van der Waals surface area contributed by atoms with E-state index in [4.69, 9.17) is 33.0 Å². The second-order valence-electron chi connectivity index (χ2n) is 11.8. The van der Waals surface area contributed by atoms with Gasteiger partial charge in [0.15, 0.2) is 11.5 Å². The van der Waals surface area contributed by atoms with Crippen molar-refractivity contribution in [3.05, 3.63) is 46.2 Å². The summed E-state index contributed by atoms with van der Waals surface area (Å²) in [7, 11) is 0. The standard InChI is InChI=1S/C18H36O2.C17H14Cl2F2N2O3/c1-2-3-4-5-6-7-8-9-10-11-12-13-14-15-16-17-18(19)20;18-11-6-22-7-12(19)15(11)23-16(24)10-3-4-13(26-17(20)21)14(5-10)25-8-9-1-2-9/h2-17H2,1H3,(H,19,20);3-7,9,17H,1-2,8H2,(H,22,23,24). The van der Waals surface area contributed by atoms with E-state index >= 15 is 0 Å². The topological polar surface area (TPSA) is 97.8 Å². The van der Waals surface area contributed by atoms with E-state index < -0.39 is 18.5 Å². The molecule has 0 bridgehead atoms. The zero-order valence-electron chi connectivity index (χ0n) is 27.0. The predicted molar refractivity (Wildman–Crippen MR) is 181 cm³/mol. The van der Waals surface area contributed by atoms with E-state index in [0.29, 0.717) is 18.9 Å². The van der Waals surface area contributed by atoms with Crippen molar-refractivity contribution < 1.29 is 33.0 Å². The first-order valence-electron chi connectivity index (χ1n) is 16.7. The predicted octanol–water partition coefficient (Wildman–Crippen LogP) is 11.4. The number of benzene rings is 1. The van der Waals surface area contributed by atoms with Crippen LogP contribution in [0.5, 0.6) is 11.5 Å². The summed E-state index contributed by atoms with van der Waals surface area (Å²) in [6.07, 6.45) is 24.9. The van der Waals surface area contributed by atoms with Gasteiger partial charge in [0.2, 0.25) is 0 Å². The number of pyridine rings is 1. The molecule has 7 nitrogen and oxygen atoms in total. The molecule has 1 heterocycles. The van der Waals surface area contributed by atoms with Crippen LogP contribution in [0.15, 0.2) is 30.6 Å². The summed E-state index contributed by atoms with van der Waals surface area (Å²) >= 11 is 12.0. The van der Waals surface area contributed by atoms with Gasteiger partial charge in [-0.15, -0.1) is 0 Å². The number of halogens is 4. The minimum absolute atomic E-state index is 0.0803. The molecular weight excluding hydrogens is 637 g/mol. The number of carboxylic acids is 1. The van der Waals surface area contributed by atoms with Crippen molar-refractivity contribution in [1.29, 1.82) is 0 Å². The Morgan fingerprint density at radius 1 is 0.870 bits per heavy atom. The highest BCUT2D eigenvalue weighted by atomic mass is 35.5. The summed E-state index contributed by atoms with van der Waals surface area (Å²) in [6.45, 7) is -0.342. The lowest BCUT2D eigenvalue weighted by molar-refractivity contribution is -0.137. The first kappa shape index (κ1) is 39.5. The number of unbranched alkanes of at least 4 members (excludes halogenated alkanes) is 14. The SMILES string of the molecule is CCCCCCCCCCCCCCCCCC(=O)O.O=C(Nc1c(Cl)cncc1Cl)c1ccc(OC(F)F)c(OCC2CC2)c1. The molecule has 0 atom stereocenters. The second kappa shape index (κ2) is 23.6. The highest BCUT2D eigenvalue weighted by Gasteiger charge is 2.24. The number of aliphatic carboxylic acids is 1. The number of carbonyl (C=O) groups is 2. The normalized spacial score (nSPS) is 12.4. The molecule has 1 fully saturated rings. The summed E-state index contributed by atoms with van der Waals surface area (Å²) in [5.74, 6) is -0.824. The number of alkyl halides is 2. The number of hydrogen-bond acceptors (Lipinski definition) is 5. The van der Waals surface area contributed by atoms with E-state index in [2.05, 4.69) is 22.0 Å². The average Bonchev–Trinajstić information content (AvgIpc) is 3.85. The Bertz CT molecular complexity index is 1150. The van der Waals surface area contributed by atoms with Crippen LogP contribution in [0.3, 0.4) is 0 Å². The Kier molecular flexibility index (Phi) is 20.3. The lowest BCUT2D eigenvalue weighted by Gasteiger charge is -2.14. The van der Waals surface area contributed by atoms with Crippen LogP contribution < -0.4 is 14.8 Å². The number of amides is 1. The van der Waals surface area contributed by atoms with Gasteiger partial charge < -0.3 is 19.9 Å². The number of ether oxygens (including phenoxy) is 2. The van der Waals surface area contributed by atoms with Gasteiger partial charge in [-0.25, -0.2) is 0 Å². The third-order valence-corrected chi connectivity index (χ3v) is 8.25. The van der Waals surface area contributed by atoms with Crippen molar-refractivity contribution in [3.8, 4) is 11.5 Å². The molecule has 0 unspecified atom stereocenters. The first-order valence-corrected chi connectivity index (χ1v) is 17.5. The van der Waals surface area contributed by atoms with Crippen LogP contribution in [0, 0.1) is 5.92 Å². The summed E-state index contributed by atoms with van der Waals surface area (Å²) in [5.41, 5.74) is 0.392. The maximum absolute atomic E-state index is 12.6. The molecule has 11 heteroatoms. The smallest absolute Gasteiger partial charge is 0.387 e. The van der Waals surface area contributed by atoms with E-state index in [-0.39, 0.29) is 32.8 Å². The Morgan fingerprint density at radius 2 is 1.39 bits per heavy atom. The summed E-state index contributed by atoms with van der Waals surface area (Å²) in [5, 5.41) is 11.4. The first-order chi connectivity index (χ1) is 22.2. The number of anilines is 1. The molecule has 0 spiro atoms. The van der Waals surface area contributed by atoms with Crippen LogP contribution in [-0.2, 0) is 4.79 Å². The third-order valence-electron chi connectivity index (χ3n) is 7.68. The number of hydrogen-bond donors (Lipinski definition) is 2. The van der Waals surface area contributed by atoms with Gasteiger partial charge in [0.25, 0.3) is 5.91 Å². The molecule has 46 heavy (non-hydrogen) atoms. The molecule has 1 saturated carbocycles. The fourth-order valence-corrected chi connectivity index (χ4v) is 5.27. The van der Waals surface area contributed by atoms with Gasteiger partial charge in [-0.1, -0.05) is 120 Å². The van der Waals surface area contributed by atoms with Gasteiger partial charge >= 0.3 is 12.6 Å². The molecular formula is C35H50Cl2F2N2O5. The van der Waals surface area contributed by atoms with Crippen LogP contribution in [0.2, 0.25) is 10.0 Å². The monoisotopic (exact) mass is 686 g/mol. The Balaban J connectivity index is 0.000000334. The van der Waals surface area contributed by atoms with Gasteiger partial charge in [0.05, 0.1) is 22.3 Å². The van der Waals surface area contributed by atoms with Crippen LogP contribution in [0.1, 0.15) is 133 Å². The maximum Gasteiger partial charge on any atom is 0.387 e. The molecule has 1 amide bonds. The molecule has 1 aliphatic rings. The van der Waals surface area contributed by atoms with E-state index in [0.717, 1.165) is 25.7 Å². The van der Waals surface area contributed by atoms with Crippen molar-refractivity contribution in [2.45, 2.75) is 129 Å². The molecule has 2 aromatic rings. The minimum Gasteiger partial charge on any atom is -0.489 e.